The van der Waals surface area contributed by atoms with Crippen LogP contribution in [0.4, 0.5) is 5.69 Å². The van der Waals surface area contributed by atoms with Crippen molar-refractivity contribution in [2.24, 2.45) is 0 Å². The van der Waals surface area contributed by atoms with Crippen molar-refractivity contribution < 1.29 is 19.1 Å². The predicted octanol–water partition coefficient (Wildman–Crippen LogP) is 5.03. The summed E-state index contributed by atoms with van der Waals surface area (Å²) in [5.41, 5.74) is 4.51. The molecule has 0 radical (unpaired) electrons. The number of carbonyl (C=O) groups is 3. The zero-order valence-corrected chi connectivity index (χ0v) is 18.1. The summed E-state index contributed by atoms with van der Waals surface area (Å²) in [7, 11) is 0. The minimum atomic E-state index is -1.03. The summed E-state index contributed by atoms with van der Waals surface area (Å²) < 4.78 is 5.40. The van der Waals surface area contributed by atoms with Gasteiger partial charge in [-0.05, 0) is 44.9 Å². The van der Waals surface area contributed by atoms with E-state index in [2.05, 4.69) is 5.32 Å². The Kier molecular flexibility index (Phi) is 6.65. The average Bonchev–Trinajstić information content (AvgIpc) is 2.76. The standard InChI is InChI=1S/C26H25NO4/c1-16-14-17(2)23(18(3)15-16)27-25(29)19(4)31-26(30)22-13-9-8-12-21(22)24(28)20-10-6-5-7-11-20/h5-15,19H,1-4H3,(H,27,29)/t19-/m0/s1. The lowest BCUT2D eigenvalue weighted by molar-refractivity contribution is -0.123. The lowest BCUT2D eigenvalue weighted by atomic mass is 9.98. The van der Waals surface area contributed by atoms with Crippen LogP contribution in [0.5, 0.6) is 0 Å². The number of hydrogen-bond donors (Lipinski definition) is 1. The molecule has 1 amide bonds. The number of nitrogens with one attached hydrogen (secondary N) is 1. The predicted molar refractivity (Wildman–Crippen MR) is 120 cm³/mol. The summed E-state index contributed by atoms with van der Waals surface area (Å²) in [6, 6.07) is 19.1. The molecule has 0 fully saturated rings. The van der Waals surface area contributed by atoms with E-state index in [4.69, 9.17) is 4.74 Å². The molecule has 0 saturated heterocycles. The third kappa shape index (κ3) is 5.07. The van der Waals surface area contributed by atoms with Crippen LogP contribution in [0.3, 0.4) is 0 Å². The van der Waals surface area contributed by atoms with Gasteiger partial charge in [0.25, 0.3) is 5.91 Å². The van der Waals surface area contributed by atoms with Gasteiger partial charge in [0.1, 0.15) is 0 Å². The second-order valence-electron chi connectivity index (χ2n) is 7.55. The maximum absolute atomic E-state index is 12.8. The summed E-state index contributed by atoms with van der Waals surface area (Å²) in [5, 5.41) is 2.84. The van der Waals surface area contributed by atoms with Crippen LogP contribution in [0.2, 0.25) is 0 Å². The first-order valence-electron chi connectivity index (χ1n) is 10.1. The molecule has 3 rings (SSSR count). The van der Waals surface area contributed by atoms with Crippen molar-refractivity contribution in [3.05, 3.63) is 100 Å². The Hall–Kier alpha value is -3.73. The molecule has 0 aliphatic heterocycles. The lowest BCUT2D eigenvalue weighted by Crippen LogP contribution is -2.31. The highest BCUT2D eigenvalue weighted by molar-refractivity contribution is 6.14. The topological polar surface area (TPSA) is 72.5 Å². The molecule has 3 aromatic carbocycles. The van der Waals surface area contributed by atoms with Crippen LogP contribution in [-0.4, -0.2) is 23.8 Å². The Morgan fingerprint density at radius 1 is 0.806 bits per heavy atom. The van der Waals surface area contributed by atoms with E-state index in [1.807, 2.05) is 39.0 Å². The van der Waals surface area contributed by atoms with E-state index < -0.39 is 18.0 Å². The maximum atomic E-state index is 12.8. The number of benzene rings is 3. The first-order chi connectivity index (χ1) is 14.8. The van der Waals surface area contributed by atoms with Gasteiger partial charge in [0.05, 0.1) is 5.56 Å². The van der Waals surface area contributed by atoms with Crippen LogP contribution in [0.25, 0.3) is 0 Å². The van der Waals surface area contributed by atoms with Gasteiger partial charge in [-0.3, -0.25) is 9.59 Å². The van der Waals surface area contributed by atoms with Gasteiger partial charge in [0, 0.05) is 16.8 Å². The van der Waals surface area contributed by atoms with Crippen LogP contribution in [0.1, 0.15) is 49.9 Å². The van der Waals surface area contributed by atoms with Gasteiger partial charge >= 0.3 is 5.97 Å². The van der Waals surface area contributed by atoms with Crippen molar-refractivity contribution in [3.8, 4) is 0 Å². The van der Waals surface area contributed by atoms with Crippen molar-refractivity contribution in [2.75, 3.05) is 5.32 Å². The fourth-order valence-electron chi connectivity index (χ4n) is 3.48. The van der Waals surface area contributed by atoms with Gasteiger partial charge in [-0.2, -0.15) is 0 Å². The van der Waals surface area contributed by atoms with E-state index in [1.54, 1.807) is 42.5 Å². The van der Waals surface area contributed by atoms with Crippen molar-refractivity contribution >= 4 is 23.3 Å². The van der Waals surface area contributed by atoms with E-state index in [-0.39, 0.29) is 16.9 Å². The Morgan fingerprint density at radius 2 is 1.35 bits per heavy atom. The molecule has 0 unspecified atom stereocenters. The summed E-state index contributed by atoms with van der Waals surface area (Å²) in [6.45, 7) is 7.33. The Bertz CT molecular complexity index is 1110. The van der Waals surface area contributed by atoms with E-state index >= 15 is 0 Å². The molecule has 0 bridgehead atoms. The molecule has 0 aliphatic rings. The number of carbonyl (C=O) groups excluding carboxylic acids is 3. The summed E-state index contributed by atoms with van der Waals surface area (Å²) in [5.74, 6) is -1.44. The van der Waals surface area contributed by atoms with Gasteiger partial charge in [0.2, 0.25) is 0 Å². The molecular formula is C26H25NO4. The monoisotopic (exact) mass is 415 g/mol. The molecule has 0 heterocycles. The number of hydrogen-bond acceptors (Lipinski definition) is 4. The van der Waals surface area contributed by atoms with E-state index in [9.17, 15) is 14.4 Å². The minimum absolute atomic E-state index is 0.124. The molecule has 0 saturated carbocycles. The highest BCUT2D eigenvalue weighted by Crippen LogP contribution is 2.22. The second-order valence-corrected chi connectivity index (χ2v) is 7.55. The molecule has 5 heteroatoms. The van der Waals surface area contributed by atoms with E-state index in [1.165, 1.54) is 13.0 Å². The number of aryl methyl sites for hydroxylation is 3. The molecule has 0 spiro atoms. The molecule has 5 nitrogen and oxygen atoms in total. The SMILES string of the molecule is Cc1cc(C)c(NC(=O)[C@H](C)OC(=O)c2ccccc2C(=O)c2ccccc2)c(C)c1. The molecule has 1 atom stereocenters. The number of ketones is 1. The lowest BCUT2D eigenvalue weighted by Gasteiger charge is -2.17. The number of esters is 1. The highest BCUT2D eigenvalue weighted by atomic mass is 16.5. The van der Waals surface area contributed by atoms with Crippen LogP contribution < -0.4 is 5.32 Å². The molecule has 31 heavy (non-hydrogen) atoms. The second kappa shape index (κ2) is 9.39. The van der Waals surface area contributed by atoms with Crippen molar-refractivity contribution in [1.82, 2.24) is 0 Å². The maximum Gasteiger partial charge on any atom is 0.339 e. The van der Waals surface area contributed by atoms with Crippen LogP contribution in [0.15, 0.2) is 66.7 Å². The molecular weight excluding hydrogens is 390 g/mol. The Morgan fingerprint density at radius 3 is 1.97 bits per heavy atom. The van der Waals surface area contributed by atoms with Crippen molar-refractivity contribution in [1.29, 1.82) is 0 Å². The normalized spacial score (nSPS) is 11.5. The number of anilines is 1. The molecule has 158 valence electrons. The fraction of sp³-hybridized carbons (Fsp3) is 0.192. The van der Waals surface area contributed by atoms with Crippen LogP contribution in [-0.2, 0) is 9.53 Å². The summed E-state index contributed by atoms with van der Waals surface area (Å²) >= 11 is 0. The van der Waals surface area contributed by atoms with Crippen molar-refractivity contribution in [2.45, 2.75) is 33.8 Å². The molecule has 1 N–H and O–H groups in total. The zero-order valence-electron chi connectivity index (χ0n) is 18.1. The van der Waals surface area contributed by atoms with E-state index in [0.29, 0.717) is 11.3 Å². The number of rotatable bonds is 6. The fourth-order valence-corrected chi connectivity index (χ4v) is 3.48. The van der Waals surface area contributed by atoms with E-state index in [0.717, 1.165) is 16.7 Å². The summed E-state index contributed by atoms with van der Waals surface area (Å²) in [6.07, 6.45) is -1.03. The quantitative estimate of drug-likeness (QED) is 0.453. The smallest absolute Gasteiger partial charge is 0.339 e. The van der Waals surface area contributed by atoms with Gasteiger partial charge in [-0.1, -0.05) is 66.2 Å². The Labute approximate surface area is 182 Å². The molecule has 3 aromatic rings. The van der Waals surface area contributed by atoms with Crippen molar-refractivity contribution in [3.63, 3.8) is 0 Å². The van der Waals surface area contributed by atoms with Gasteiger partial charge in [-0.25, -0.2) is 4.79 Å². The number of amides is 1. The first-order valence-corrected chi connectivity index (χ1v) is 10.1. The average molecular weight is 415 g/mol. The largest absolute Gasteiger partial charge is 0.449 e. The third-order valence-electron chi connectivity index (χ3n) is 5.01. The first kappa shape index (κ1) is 22.0. The third-order valence-corrected chi connectivity index (χ3v) is 5.01. The van der Waals surface area contributed by atoms with Gasteiger partial charge in [0.15, 0.2) is 11.9 Å². The van der Waals surface area contributed by atoms with Crippen LogP contribution in [0, 0.1) is 20.8 Å². The molecule has 0 aliphatic carbocycles. The van der Waals surface area contributed by atoms with Gasteiger partial charge < -0.3 is 10.1 Å². The molecule has 0 aromatic heterocycles. The summed E-state index contributed by atoms with van der Waals surface area (Å²) in [4.78, 5) is 38.3. The number of ether oxygens (including phenoxy) is 1. The minimum Gasteiger partial charge on any atom is -0.449 e. The highest BCUT2D eigenvalue weighted by Gasteiger charge is 2.24. The van der Waals surface area contributed by atoms with Crippen LogP contribution >= 0.6 is 0 Å². The Balaban J connectivity index is 1.76. The van der Waals surface area contributed by atoms with Gasteiger partial charge in [-0.15, -0.1) is 0 Å². The zero-order chi connectivity index (χ0) is 22.5.